The number of amides is 1. The van der Waals surface area contributed by atoms with Crippen LogP contribution < -0.4 is 0 Å². The molecule has 3 aromatic rings. The summed E-state index contributed by atoms with van der Waals surface area (Å²) in [5.41, 5.74) is -0.00548. The molecule has 0 fully saturated rings. The molecule has 0 saturated heterocycles. The molecule has 1 aromatic carbocycles. The standard InChI is InChI=1S/C20H20F3N3O2S/c1-12(18(27)13-7-5-4-6-8-13)25(2)19(28)16-10-9-15(29-16)14-11-17(20(21,22)23)26(3)24-14/h4-12,18,27H,1-3H3/t12-,18?/m0/s1. The second kappa shape index (κ2) is 8.00. The van der Waals surface area contributed by atoms with Gasteiger partial charge in [0.05, 0.1) is 21.9 Å². The Morgan fingerprint density at radius 2 is 1.86 bits per heavy atom. The normalized spacial score (nSPS) is 13.9. The number of hydrogen-bond donors (Lipinski definition) is 1. The summed E-state index contributed by atoms with van der Waals surface area (Å²) in [5, 5.41) is 14.4. The van der Waals surface area contributed by atoms with Crippen molar-refractivity contribution in [3.05, 3.63) is 64.7 Å². The Morgan fingerprint density at radius 3 is 2.45 bits per heavy atom. The highest BCUT2D eigenvalue weighted by molar-refractivity contribution is 7.17. The van der Waals surface area contributed by atoms with Crippen LogP contribution in [0.15, 0.2) is 48.5 Å². The molecular weight excluding hydrogens is 403 g/mol. The molecule has 0 saturated carbocycles. The number of aromatic nitrogens is 2. The van der Waals surface area contributed by atoms with Crippen LogP contribution in [0.25, 0.3) is 10.6 Å². The fourth-order valence-corrected chi connectivity index (χ4v) is 3.89. The summed E-state index contributed by atoms with van der Waals surface area (Å²) in [6.45, 7) is 1.73. The molecule has 0 bridgehead atoms. The van der Waals surface area contributed by atoms with E-state index in [1.165, 1.54) is 11.9 Å². The van der Waals surface area contributed by atoms with Gasteiger partial charge in [-0.3, -0.25) is 9.48 Å². The maximum Gasteiger partial charge on any atom is 0.433 e. The van der Waals surface area contributed by atoms with Crippen molar-refractivity contribution in [3.63, 3.8) is 0 Å². The monoisotopic (exact) mass is 423 g/mol. The van der Waals surface area contributed by atoms with Crippen molar-refractivity contribution in [1.82, 2.24) is 14.7 Å². The van der Waals surface area contributed by atoms with E-state index in [1.807, 2.05) is 6.07 Å². The lowest BCUT2D eigenvalue weighted by atomic mass is 10.0. The van der Waals surface area contributed by atoms with Gasteiger partial charge >= 0.3 is 6.18 Å². The lowest BCUT2D eigenvalue weighted by Gasteiger charge is -2.29. The number of aryl methyl sites for hydroxylation is 1. The summed E-state index contributed by atoms with van der Waals surface area (Å²) < 4.78 is 39.7. The number of carbonyl (C=O) groups is 1. The molecule has 1 unspecified atom stereocenters. The van der Waals surface area contributed by atoms with Crippen molar-refractivity contribution in [2.75, 3.05) is 7.05 Å². The molecule has 0 spiro atoms. The SMILES string of the molecule is C[C@@H](C(O)c1ccccc1)N(C)C(=O)c1ccc(-c2cc(C(F)(F)F)n(C)n2)s1. The van der Waals surface area contributed by atoms with Gasteiger partial charge in [-0.2, -0.15) is 18.3 Å². The number of aliphatic hydroxyl groups is 1. The summed E-state index contributed by atoms with van der Waals surface area (Å²) in [5.74, 6) is -0.323. The van der Waals surface area contributed by atoms with Gasteiger partial charge in [0.1, 0.15) is 11.4 Å². The first-order valence-corrected chi connectivity index (χ1v) is 9.63. The predicted molar refractivity (Wildman–Crippen MR) is 104 cm³/mol. The maximum absolute atomic E-state index is 13.0. The topological polar surface area (TPSA) is 58.4 Å². The number of carbonyl (C=O) groups excluding carboxylic acids is 1. The van der Waals surface area contributed by atoms with Crippen LogP contribution in [0.2, 0.25) is 0 Å². The second-order valence-corrected chi connectivity index (χ2v) is 7.80. The first-order chi connectivity index (χ1) is 13.6. The number of likely N-dealkylation sites (N-methyl/N-ethyl adjacent to an activating group) is 1. The lowest BCUT2D eigenvalue weighted by Crippen LogP contribution is -2.38. The van der Waals surface area contributed by atoms with E-state index in [1.54, 1.807) is 50.4 Å². The van der Waals surface area contributed by atoms with Gasteiger partial charge in [-0.25, -0.2) is 0 Å². The average molecular weight is 423 g/mol. The van der Waals surface area contributed by atoms with Crippen molar-refractivity contribution in [3.8, 4) is 10.6 Å². The Bertz CT molecular complexity index is 998. The molecule has 2 heterocycles. The molecular formula is C20H20F3N3O2S. The third-order valence-corrected chi connectivity index (χ3v) is 5.86. The number of hydrogen-bond acceptors (Lipinski definition) is 4. The van der Waals surface area contributed by atoms with Gasteiger partial charge in [-0.05, 0) is 30.7 Å². The van der Waals surface area contributed by atoms with Crippen LogP contribution in [0.5, 0.6) is 0 Å². The fraction of sp³-hybridized carbons (Fsp3) is 0.300. The molecule has 5 nitrogen and oxygen atoms in total. The highest BCUT2D eigenvalue weighted by Gasteiger charge is 2.35. The third kappa shape index (κ3) is 4.35. The van der Waals surface area contributed by atoms with Crippen LogP contribution in [0.3, 0.4) is 0 Å². The van der Waals surface area contributed by atoms with Crippen LogP contribution in [-0.4, -0.2) is 38.8 Å². The van der Waals surface area contributed by atoms with Crippen molar-refractivity contribution in [1.29, 1.82) is 0 Å². The van der Waals surface area contributed by atoms with E-state index in [0.717, 1.165) is 22.1 Å². The van der Waals surface area contributed by atoms with Crippen LogP contribution in [0, 0.1) is 0 Å². The minimum atomic E-state index is -4.50. The Hall–Kier alpha value is -2.65. The molecule has 0 aliphatic carbocycles. The number of benzene rings is 1. The Morgan fingerprint density at radius 1 is 1.21 bits per heavy atom. The van der Waals surface area contributed by atoms with Gasteiger partial charge in [0.15, 0.2) is 0 Å². The van der Waals surface area contributed by atoms with E-state index in [0.29, 0.717) is 15.3 Å². The van der Waals surface area contributed by atoms with Gasteiger partial charge in [-0.15, -0.1) is 11.3 Å². The Kier molecular flexibility index (Phi) is 5.81. The van der Waals surface area contributed by atoms with Crippen molar-refractivity contribution >= 4 is 17.2 Å². The van der Waals surface area contributed by atoms with E-state index in [-0.39, 0.29) is 11.6 Å². The van der Waals surface area contributed by atoms with Gasteiger partial charge in [0.2, 0.25) is 0 Å². The molecule has 0 aliphatic rings. The van der Waals surface area contributed by atoms with Gasteiger partial charge in [0, 0.05) is 14.1 Å². The number of nitrogens with zero attached hydrogens (tertiary/aromatic N) is 3. The van der Waals surface area contributed by atoms with Crippen LogP contribution >= 0.6 is 11.3 Å². The van der Waals surface area contributed by atoms with Gasteiger partial charge in [-0.1, -0.05) is 30.3 Å². The molecule has 1 amide bonds. The molecule has 2 atom stereocenters. The van der Waals surface area contributed by atoms with Gasteiger partial charge < -0.3 is 10.0 Å². The zero-order valence-electron chi connectivity index (χ0n) is 16.0. The summed E-state index contributed by atoms with van der Waals surface area (Å²) in [6, 6.07) is 12.6. The van der Waals surface area contributed by atoms with Gasteiger partial charge in [0.25, 0.3) is 5.91 Å². The average Bonchev–Trinajstić information content (AvgIpc) is 3.32. The van der Waals surface area contributed by atoms with E-state index in [9.17, 15) is 23.1 Å². The summed E-state index contributed by atoms with van der Waals surface area (Å²) >= 11 is 1.06. The summed E-state index contributed by atoms with van der Waals surface area (Å²) in [4.78, 5) is 15.1. The minimum absolute atomic E-state index is 0.156. The van der Waals surface area contributed by atoms with E-state index >= 15 is 0 Å². The van der Waals surface area contributed by atoms with E-state index in [2.05, 4.69) is 5.10 Å². The largest absolute Gasteiger partial charge is 0.433 e. The quantitative estimate of drug-likeness (QED) is 0.663. The maximum atomic E-state index is 13.0. The first kappa shape index (κ1) is 21.1. The highest BCUT2D eigenvalue weighted by Crippen LogP contribution is 2.34. The zero-order valence-corrected chi connectivity index (χ0v) is 16.8. The molecule has 2 aromatic heterocycles. The molecule has 3 rings (SSSR count). The third-order valence-electron chi connectivity index (χ3n) is 4.77. The number of thiophene rings is 1. The molecule has 0 aliphatic heterocycles. The molecule has 1 N–H and O–H groups in total. The molecule has 9 heteroatoms. The summed E-state index contributed by atoms with van der Waals surface area (Å²) in [7, 11) is 2.81. The zero-order chi connectivity index (χ0) is 21.3. The number of alkyl halides is 3. The Labute approximate surface area is 170 Å². The summed E-state index contributed by atoms with van der Waals surface area (Å²) in [6.07, 6.45) is -5.37. The first-order valence-electron chi connectivity index (χ1n) is 8.81. The van der Waals surface area contributed by atoms with Crippen LogP contribution in [-0.2, 0) is 13.2 Å². The molecule has 29 heavy (non-hydrogen) atoms. The number of aliphatic hydroxyl groups excluding tert-OH is 1. The van der Waals surface area contributed by atoms with Crippen molar-refractivity contribution in [2.24, 2.45) is 7.05 Å². The predicted octanol–water partition coefficient (Wildman–Crippen LogP) is 4.36. The highest BCUT2D eigenvalue weighted by atomic mass is 32.1. The minimum Gasteiger partial charge on any atom is -0.386 e. The molecule has 154 valence electrons. The fourth-order valence-electron chi connectivity index (χ4n) is 2.94. The number of rotatable bonds is 5. The van der Waals surface area contributed by atoms with E-state index < -0.39 is 24.0 Å². The van der Waals surface area contributed by atoms with Crippen molar-refractivity contribution < 1.29 is 23.1 Å². The van der Waals surface area contributed by atoms with E-state index in [4.69, 9.17) is 0 Å². The second-order valence-electron chi connectivity index (χ2n) is 6.71. The van der Waals surface area contributed by atoms with Crippen LogP contribution in [0.1, 0.15) is 34.0 Å². The van der Waals surface area contributed by atoms with Crippen molar-refractivity contribution in [2.45, 2.75) is 25.2 Å². The molecule has 0 radical (unpaired) electrons. The van der Waals surface area contributed by atoms with Crippen LogP contribution in [0.4, 0.5) is 13.2 Å². The number of halogens is 3. The smallest absolute Gasteiger partial charge is 0.386 e. The Balaban J connectivity index is 1.78. The lowest BCUT2D eigenvalue weighted by molar-refractivity contribution is -0.143.